The fourth-order valence-electron chi connectivity index (χ4n) is 2.28. The Morgan fingerprint density at radius 1 is 1.00 bits per heavy atom. The Morgan fingerprint density at radius 3 is 2.38 bits per heavy atom. The van der Waals surface area contributed by atoms with Gasteiger partial charge in [-0.1, -0.05) is 19.1 Å². The molecule has 112 valence electrons. The van der Waals surface area contributed by atoms with Crippen LogP contribution in [-0.4, -0.2) is 17.0 Å². The first kappa shape index (κ1) is 15.3. The molecule has 1 heterocycles. The Labute approximate surface area is 127 Å². The number of rotatable bonds is 5. The Bertz CT molecular complexity index is 635. The Hall–Kier alpha value is -2.10. The minimum Gasteiger partial charge on any atom is -0.373 e. The average Bonchev–Trinajstić information content (AvgIpc) is 2.47. The van der Waals surface area contributed by atoms with Crippen LogP contribution in [0.25, 0.3) is 0 Å². The van der Waals surface area contributed by atoms with Crippen molar-refractivity contribution in [2.75, 3.05) is 17.7 Å². The first-order valence-electron chi connectivity index (χ1n) is 7.45. The van der Waals surface area contributed by atoms with Gasteiger partial charge < -0.3 is 10.6 Å². The van der Waals surface area contributed by atoms with E-state index in [1.165, 1.54) is 11.1 Å². The van der Waals surface area contributed by atoms with Gasteiger partial charge >= 0.3 is 0 Å². The molecular weight excluding hydrogens is 260 g/mol. The van der Waals surface area contributed by atoms with Crippen molar-refractivity contribution < 1.29 is 0 Å². The van der Waals surface area contributed by atoms with Gasteiger partial charge in [0.1, 0.15) is 17.5 Å². The van der Waals surface area contributed by atoms with Crippen LogP contribution < -0.4 is 10.6 Å². The molecule has 0 atom stereocenters. The quantitative estimate of drug-likeness (QED) is 0.866. The third-order valence-electron chi connectivity index (χ3n) is 3.76. The molecule has 4 nitrogen and oxygen atoms in total. The molecule has 0 aliphatic rings. The number of hydrogen-bond donors (Lipinski definition) is 2. The van der Waals surface area contributed by atoms with Gasteiger partial charge in [-0.15, -0.1) is 0 Å². The maximum Gasteiger partial charge on any atom is 0.139 e. The number of aromatic nitrogens is 2. The van der Waals surface area contributed by atoms with Crippen molar-refractivity contribution in [1.82, 2.24) is 9.97 Å². The van der Waals surface area contributed by atoms with Gasteiger partial charge in [0, 0.05) is 24.7 Å². The van der Waals surface area contributed by atoms with Gasteiger partial charge in [0.25, 0.3) is 0 Å². The third-order valence-corrected chi connectivity index (χ3v) is 3.76. The Morgan fingerprint density at radius 2 is 1.71 bits per heavy atom. The first-order chi connectivity index (χ1) is 10.1. The van der Waals surface area contributed by atoms with Crippen molar-refractivity contribution in [3.05, 3.63) is 40.7 Å². The van der Waals surface area contributed by atoms with Crippen LogP contribution in [0.2, 0.25) is 0 Å². The van der Waals surface area contributed by atoms with E-state index in [1.54, 1.807) is 0 Å². The van der Waals surface area contributed by atoms with E-state index in [4.69, 9.17) is 0 Å². The molecule has 0 amide bonds. The third kappa shape index (κ3) is 3.32. The second-order valence-electron chi connectivity index (χ2n) is 5.33. The van der Waals surface area contributed by atoms with Gasteiger partial charge in [-0.25, -0.2) is 9.97 Å². The zero-order valence-electron chi connectivity index (χ0n) is 13.5. The number of aryl methyl sites for hydroxylation is 2. The van der Waals surface area contributed by atoms with Crippen molar-refractivity contribution in [3.63, 3.8) is 0 Å². The van der Waals surface area contributed by atoms with Crippen LogP contribution in [0.5, 0.6) is 0 Å². The average molecular weight is 284 g/mol. The summed E-state index contributed by atoms with van der Waals surface area (Å²) >= 11 is 0. The molecule has 0 saturated carbocycles. The highest BCUT2D eigenvalue weighted by Gasteiger charge is 2.11. The van der Waals surface area contributed by atoms with Crippen LogP contribution in [-0.2, 0) is 6.42 Å². The van der Waals surface area contributed by atoms with Gasteiger partial charge in [-0.2, -0.15) is 0 Å². The molecule has 1 aromatic heterocycles. The smallest absolute Gasteiger partial charge is 0.139 e. The predicted molar refractivity (Wildman–Crippen MR) is 89.5 cm³/mol. The molecule has 0 radical (unpaired) electrons. The lowest BCUT2D eigenvalue weighted by Crippen LogP contribution is -2.08. The SMILES string of the molecule is CCCc1nc(NC)c(C)c(Nc2cccc(C)c2C)n1. The molecule has 1 aromatic carbocycles. The summed E-state index contributed by atoms with van der Waals surface area (Å²) in [7, 11) is 1.90. The number of hydrogen-bond acceptors (Lipinski definition) is 4. The summed E-state index contributed by atoms with van der Waals surface area (Å²) in [5, 5.41) is 6.62. The monoisotopic (exact) mass is 284 g/mol. The molecule has 0 bridgehead atoms. The van der Waals surface area contributed by atoms with Crippen LogP contribution >= 0.6 is 0 Å². The maximum atomic E-state index is 4.67. The van der Waals surface area contributed by atoms with Gasteiger partial charge in [-0.05, 0) is 44.4 Å². The maximum absolute atomic E-state index is 4.67. The lowest BCUT2D eigenvalue weighted by atomic mass is 10.1. The molecule has 0 saturated heterocycles. The zero-order valence-corrected chi connectivity index (χ0v) is 13.5. The van der Waals surface area contributed by atoms with Gasteiger partial charge in [0.05, 0.1) is 0 Å². The zero-order chi connectivity index (χ0) is 15.4. The molecule has 21 heavy (non-hydrogen) atoms. The minimum absolute atomic E-state index is 0.875. The fourth-order valence-corrected chi connectivity index (χ4v) is 2.28. The second-order valence-corrected chi connectivity index (χ2v) is 5.33. The molecule has 0 fully saturated rings. The highest BCUT2D eigenvalue weighted by molar-refractivity contribution is 5.67. The molecule has 2 N–H and O–H groups in total. The fraction of sp³-hybridized carbons (Fsp3) is 0.412. The highest BCUT2D eigenvalue weighted by Crippen LogP contribution is 2.26. The normalized spacial score (nSPS) is 10.5. The summed E-state index contributed by atoms with van der Waals surface area (Å²) in [4.78, 5) is 9.24. The van der Waals surface area contributed by atoms with E-state index >= 15 is 0 Å². The molecule has 0 spiro atoms. The number of nitrogens with one attached hydrogen (secondary N) is 2. The van der Waals surface area contributed by atoms with E-state index < -0.39 is 0 Å². The Balaban J connectivity index is 2.42. The topological polar surface area (TPSA) is 49.8 Å². The molecule has 2 aromatic rings. The number of anilines is 3. The summed E-state index contributed by atoms with van der Waals surface area (Å²) in [6.07, 6.45) is 1.92. The lowest BCUT2D eigenvalue weighted by molar-refractivity contribution is 0.835. The number of benzene rings is 1. The summed E-state index contributed by atoms with van der Waals surface area (Å²) in [6, 6.07) is 6.27. The van der Waals surface area contributed by atoms with Crippen LogP contribution in [0.3, 0.4) is 0 Å². The molecule has 0 aliphatic heterocycles. The lowest BCUT2D eigenvalue weighted by Gasteiger charge is -2.15. The molecule has 0 unspecified atom stereocenters. The first-order valence-corrected chi connectivity index (χ1v) is 7.45. The van der Waals surface area contributed by atoms with E-state index in [1.807, 2.05) is 14.0 Å². The van der Waals surface area contributed by atoms with Gasteiger partial charge in [0.2, 0.25) is 0 Å². The Kier molecular flexibility index (Phi) is 4.78. The minimum atomic E-state index is 0.875. The van der Waals surface area contributed by atoms with Gasteiger partial charge in [-0.3, -0.25) is 0 Å². The van der Waals surface area contributed by atoms with E-state index in [0.29, 0.717) is 0 Å². The van der Waals surface area contributed by atoms with Crippen molar-refractivity contribution in [2.45, 2.75) is 40.5 Å². The van der Waals surface area contributed by atoms with Crippen LogP contribution in [0.15, 0.2) is 18.2 Å². The largest absolute Gasteiger partial charge is 0.373 e. The van der Waals surface area contributed by atoms with E-state index in [9.17, 15) is 0 Å². The van der Waals surface area contributed by atoms with Crippen molar-refractivity contribution >= 4 is 17.3 Å². The second kappa shape index (κ2) is 6.57. The molecule has 0 aliphatic carbocycles. The number of nitrogens with zero attached hydrogens (tertiary/aromatic N) is 2. The summed E-state index contributed by atoms with van der Waals surface area (Å²) < 4.78 is 0. The van der Waals surface area contributed by atoms with Crippen molar-refractivity contribution in [1.29, 1.82) is 0 Å². The van der Waals surface area contributed by atoms with E-state index in [-0.39, 0.29) is 0 Å². The molecule has 2 rings (SSSR count). The van der Waals surface area contributed by atoms with Crippen LogP contribution in [0.4, 0.5) is 17.3 Å². The summed E-state index contributed by atoms with van der Waals surface area (Å²) in [5.74, 6) is 2.65. The summed E-state index contributed by atoms with van der Waals surface area (Å²) in [6.45, 7) is 8.42. The van der Waals surface area contributed by atoms with Crippen LogP contribution in [0.1, 0.15) is 35.9 Å². The van der Waals surface area contributed by atoms with Crippen LogP contribution in [0, 0.1) is 20.8 Å². The van der Waals surface area contributed by atoms with E-state index in [0.717, 1.165) is 41.6 Å². The van der Waals surface area contributed by atoms with E-state index in [2.05, 4.69) is 59.6 Å². The molecular formula is C17H24N4. The van der Waals surface area contributed by atoms with Gasteiger partial charge in [0.15, 0.2) is 0 Å². The predicted octanol–water partition coefficient (Wildman–Crippen LogP) is 4.14. The van der Waals surface area contributed by atoms with Crippen molar-refractivity contribution in [2.24, 2.45) is 0 Å². The molecule has 4 heteroatoms. The van der Waals surface area contributed by atoms with Crippen molar-refractivity contribution in [3.8, 4) is 0 Å². The standard InChI is InChI=1S/C17H24N4/c1-6-8-15-20-16(18-5)13(4)17(21-15)19-14-10-7-9-11(2)12(14)3/h7,9-10H,6,8H2,1-5H3,(H2,18,19,20,21). The highest BCUT2D eigenvalue weighted by atomic mass is 15.1. The summed E-state index contributed by atoms with van der Waals surface area (Å²) in [5.41, 5.74) is 4.66.